The Morgan fingerprint density at radius 2 is 2.25 bits per heavy atom. The zero-order chi connectivity index (χ0) is 11.5. The molecule has 1 aliphatic rings. The molecular weight excluding hydrogens is 200 g/mol. The van der Waals surface area contributed by atoms with Crippen molar-refractivity contribution in [1.82, 2.24) is 20.1 Å². The van der Waals surface area contributed by atoms with Crippen molar-refractivity contribution in [1.29, 1.82) is 0 Å². The first kappa shape index (κ1) is 11.6. The van der Waals surface area contributed by atoms with Crippen LogP contribution < -0.4 is 5.32 Å². The summed E-state index contributed by atoms with van der Waals surface area (Å²) in [6.07, 6.45) is 3.51. The van der Waals surface area contributed by atoms with Crippen molar-refractivity contribution in [3.8, 4) is 0 Å². The Morgan fingerprint density at radius 3 is 2.94 bits per heavy atom. The summed E-state index contributed by atoms with van der Waals surface area (Å²) >= 11 is 0. The highest BCUT2D eigenvalue weighted by Crippen LogP contribution is 2.26. The highest BCUT2D eigenvalue weighted by atomic mass is 15.3. The highest BCUT2D eigenvalue weighted by Gasteiger charge is 2.24. The number of nitrogens with zero attached hydrogens (tertiary/aromatic N) is 3. The van der Waals surface area contributed by atoms with Gasteiger partial charge in [-0.15, -0.1) is 10.2 Å². The van der Waals surface area contributed by atoms with E-state index in [1.807, 2.05) is 0 Å². The third-order valence-electron chi connectivity index (χ3n) is 3.40. The molecule has 0 spiro atoms. The average molecular weight is 222 g/mol. The maximum absolute atomic E-state index is 4.38. The van der Waals surface area contributed by atoms with E-state index in [1.54, 1.807) is 0 Å². The number of hydrogen-bond donors (Lipinski definition) is 1. The molecule has 0 bridgehead atoms. The van der Waals surface area contributed by atoms with Crippen LogP contribution in [0.1, 0.15) is 50.7 Å². The molecule has 2 unspecified atom stereocenters. The minimum Gasteiger partial charge on any atom is -0.315 e. The fourth-order valence-corrected chi connectivity index (χ4v) is 2.57. The van der Waals surface area contributed by atoms with Gasteiger partial charge in [0.05, 0.1) is 0 Å². The molecule has 1 saturated heterocycles. The van der Waals surface area contributed by atoms with Gasteiger partial charge < -0.3 is 9.88 Å². The molecule has 2 atom stereocenters. The average Bonchev–Trinajstić information content (AvgIpc) is 2.61. The molecule has 0 aliphatic carbocycles. The van der Waals surface area contributed by atoms with E-state index in [0.29, 0.717) is 12.0 Å². The van der Waals surface area contributed by atoms with E-state index in [9.17, 15) is 0 Å². The van der Waals surface area contributed by atoms with Crippen molar-refractivity contribution >= 4 is 0 Å². The second kappa shape index (κ2) is 4.95. The molecule has 90 valence electrons. The molecule has 1 aromatic rings. The molecule has 4 nitrogen and oxygen atoms in total. The van der Waals surface area contributed by atoms with Gasteiger partial charge in [-0.05, 0) is 39.7 Å². The van der Waals surface area contributed by atoms with Gasteiger partial charge >= 0.3 is 0 Å². The second-order valence-corrected chi connectivity index (χ2v) is 4.83. The molecule has 0 radical (unpaired) electrons. The first-order valence-electron chi connectivity index (χ1n) is 6.35. The van der Waals surface area contributed by atoms with Crippen molar-refractivity contribution in [2.24, 2.45) is 0 Å². The summed E-state index contributed by atoms with van der Waals surface area (Å²) in [5.74, 6) is 2.85. The third kappa shape index (κ3) is 2.26. The van der Waals surface area contributed by atoms with Crippen LogP contribution in [-0.2, 0) is 6.54 Å². The monoisotopic (exact) mass is 222 g/mol. The Kier molecular flexibility index (Phi) is 3.59. The molecule has 2 rings (SSSR count). The maximum Gasteiger partial charge on any atom is 0.136 e. The first-order chi connectivity index (χ1) is 7.72. The van der Waals surface area contributed by atoms with E-state index >= 15 is 0 Å². The van der Waals surface area contributed by atoms with E-state index in [-0.39, 0.29) is 0 Å². The number of nitrogens with one attached hydrogen (secondary N) is 1. The van der Waals surface area contributed by atoms with Crippen LogP contribution in [0.25, 0.3) is 0 Å². The van der Waals surface area contributed by atoms with Gasteiger partial charge in [-0.1, -0.05) is 6.92 Å². The van der Waals surface area contributed by atoms with Gasteiger partial charge in [-0.2, -0.15) is 0 Å². The van der Waals surface area contributed by atoms with Crippen molar-refractivity contribution in [3.05, 3.63) is 11.6 Å². The molecule has 1 N–H and O–H groups in total. The van der Waals surface area contributed by atoms with Gasteiger partial charge in [0.1, 0.15) is 11.6 Å². The lowest BCUT2D eigenvalue weighted by Crippen LogP contribution is -2.35. The van der Waals surface area contributed by atoms with Crippen LogP contribution in [0.5, 0.6) is 0 Å². The summed E-state index contributed by atoms with van der Waals surface area (Å²) in [6.45, 7) is 8.65. The summed E-state index contributed by atoms with van der Waals surface area (Å²) in [7, 11) is 0. The molecular formula is C12H22N4. The molecule has 0 amide bonds. The highest BCUT2D eigenvalue weighted by molar-refractivity contribution is 5.03. The van der Waals surface area contributed by atoms with Crippen molar-refractivity contribution in [2.45, 2.75) is 58.5 Å². The second-order valence-electron chi connectivity index (χ2n) is 4.83. The summed E-state index contributed by atoms with van der Waals surface area (Å²) in [6, 6.07) is 0.603. The van der Waals surface area contributed by atoms with E-state index < -0.39 is 0 Å². The fraction of sp³-hybridized carbons (Fsp3) is 0.833. The Bertz CT molecular complexity index is 345. The van der Waals surface area contributed by atoms with Crippen molar-refractivity contribution in [2.75, 3.05) is 6.54 Å². The van der Waals surface area contributed by atoms with Gasteiger partial charge in [0.2, 0.25) is 0 Å². The lowest BCUT2D eigenvalue weighted by molar-refractivity contribution is 0.362. The Labute approximate surface area is 97.5 Å². The van der Waals surface area contributed by atoms with Gasteiger partial charge in [0.15, 0.2) is 0 Å². The SMILES string of the molecule is CCCn1c(C)nnc1C1CCNC(C)C1. The molecule has 2 heterocycles. The standard InChI is InChI=1S/C12H22N4/c1-4-7-16-10(3)14-15-12(16)11-5-6-13-9(2)8-11/h9,11,13H,4-8H2,1-3H3. The van der Waals surface area contributed by atoms with Gasteiger partial charge in [0, 0.05) is 18.5 Å². The van der Waals surface area contributed by atoms with Crippen LogP contribution in [0.4, 0.5) is 0 Å². The molecule has 0 aromatic carbocycles. The predicted octanol–water partition coefficient (Wildman–Crippen LogP) is 1.85. The summed E-state index contributed by atoms with van der Waals surface area (Å²) in [5.41, 5.74) is 0. The van der Waals surface area contributed by atoms with Crippen molar-refractivity contribution < 1.29 is 0 Å². The first-order valence-corrected chi connectivity index (χ1v) is 6.35. The minimum absolute atomic E-state index is 0.587. The smallest absolute Gasteiger partial charge is 0.136 e. The lowest BCUT2D eigenvalue weighted by Gasteiger charge is -2.27. The van der Waals surface area contributed by atoms with E-state index in [1.165, 1.54) is 18.7 Å². The number of aromatic nitrogens is 3. The quantitative estimate of drug-likeness (QED) is 0.848. The predicted molar refractivity (Wildman–Crippen MR) is 64.5 cm³/mol. The molecule has 16 heavy (non-hydrogen) atoms. The molecule has 4 heteroatoms. The van der Waals surface area contributed by atoms with Crippen LogP contribution >= 0.6 is 0 Å². The summed E-state index contributed by atoms with van der Waals surface area (Å²) < 4.78 is 2.29. The van der Waals surface area contributed by atoms with Gasteiger partial charge in [-0.25, -0.2) is 0 Å². The Balaban J connectivity index is 2.18. The normalized spacial score (nSPS) is 25.9. The number of rotatable bonds is 3. The molecule has 1 fully saturated rings. The largest absolute Gasteiger partial charge is 0.315 e. The van der Waals surface area contributed by atoms with Crippen LogP contribution in [0, 0.1) is 6.92 Å². The minimum atomic E-state index is 0.587. The van der Waals surface area contributed by atoms with Gasteiger partial charge in [0.25, 0.3) is 0 Å². The summed E-state index contributed by atoms with van der Waals surface area (Å²) in [5, 5.41) is 12.1. The van der Waals surface area contributed by atoms with E-state index in [0.717, 1.165) is 25.3 Å². The Hall–Kier alpha value is -0.900. The zero-order valence-electron chi connectivity index (χ0n) is 10.5. The van der Waals surface area contributed by atoms with Crippen LogP contribution in [0.3, 0.4) is 0 Å². The zero-order valence-corrected chi connectivity index (χ0v) is 10.5. The Morgan fingerprint density at radius 1 is 1.44 bits per heavy atom. The fourth-order valence-electron chi connectivity index (χ4n) is 2.57. The van der Waals surface area contributed by atoms with Crippen LogP contribution in [0.2, 0.25) is 0 Å². The van der Waals surface area contributed by atoms with E-state index in [2.05, 4.69) is 40.9 Å². The lowest BCUT2D eigenvalue weighted by atomic mass is 9.92. The van der Waals surface area contributed by atoms with Crippen LogP contribution in [0.15, 0.2) is 0 Å². The topological polar surface area (TPSA) is 42.7 Å². The van der Waals surface area contributed by atoms with E-state index in [4.69, 9.17) is 0 Å². The maximum atomic E-state index is 4.38. The molecule has 1 aliphatic heterocycles. The number of hydrogen-bond acceptors (Lipinski definition) is 3. The molecule has 1 aromatic heterocycles. The van der Waals surface area contributed by atoms with Crippen LogP contribution in [-0.4, -0.2) is 27.4 Å². The summed E-state index contributed by atoms with van der Waals surface area (Å²) in [4.78, 5) is 0. The number of aryl methyl sites for hydroxylation is 1. The number of piperidine rings is 1. The third-order valence-corrected chi connectivity index (χ3v) is 3.40. The van der Waals surface area contributed by atoms with Crippen molar-refractivity contribution in [3.63, 3.8) is 0 Å². The molecule has 0 saturated carbocycles. The van der Waals surface area contributed by atoms with Gasteiger partial charge in [-0.3, -0.25) is 0 Å².